The molecule has 0 atom stereocenters. The molecule has 0 aromatic heterocycles. The Labute approximate surface area is 394 Å². The molecule has 0 saturated carbocycles. The van der Waals surface area contributed by atoms with Gasteiger partial charge in [-0.3, -0.25) is 0 Å². The summed E-state index contributed by atoms with van der Waals surface area (Å²) in [6, 6.07) is 25.6. The Balaban J connectivity index is 0.000000360. The van der Waals surface area contributed by atoms with Gasteiger partial charge in [-0.1, -0.05) is 129 Å². The fourth-order valence-corrected chi connectivity index (χ4v) is 6.91. The molecular formula is C52H64Cl2Si2Zr2-2. The van der Waals surface area contributed by atoms with Crippen molar-refractivity contribution in [2.45, 2.75) is 109 Å². The van der Waals surface area contributed by atoms with Gasteiger partial charge >= 0.3 is 83.7 Å². The maximum absolute atomic E-state index is 3.49. The smallest absolute Gasteiger partial charge is 0.0579 e. The van der Waals surface area contributed by atoms with Crippen molar-refractivity contribution in [2.24, 2.45) is 21.7 Å². The van der Waals surface area contributed by atoms with E-state index in [1.807, 2.05) is 0 Å². The standard InChI is InChI=1S/4C12H13.2C2H6Si.2ClH.2Zr/c4*1-9-5-4-6-10-7-12(2,3)8-11(9)10;2*1-3-2;;;;/h4*4-7H,1-3H3;2*1-2H3;2*1H;;/q4*-1;;;;;2*+2/p-2. The number of benzene rings is 4. The summed E-state index contributed by atoms with van der Waals surface area (Å²) in [5.41, 5.74) is 6.21. The van der Waals surface area contributed by atoms with E-state index in [4.69, 9.17) is 0 Å². The molecule has 8 rings (SSSR count). The van der Waals surface area contributed by atoms with Gasteiger partial charge in [0.15, 0.2) is 0 Å². The molecule has 0 heterocycles. The number of hydrogen-bond donors (Lipinski definition) is 0. The summed E-state index contributed by atoms with van der Waals surface area (Å²) in [4.78, 5) is 0. The van der Waals surface area contributed by atoms with Crippen molar-refractivity contribution >= 4 is 59.5 Å². The molecule has 4 aromatic carbocycles. The van der Waals surface area contributed by atoms with Crippen molar-refractivity contribution in [2.75, 3.05) is 0 Å². The maximum atomic E-state index is 3.49. The SMILES string of the molecule is C[Si](C)=[Zr+2].C[Si](C)=[Zr+2].Cc1cccc2c1=[C-]C(C)(C)C=2.Cc1cccc2c1=[C-]C(C)(C)C=2.Cc1cccc2c1=[C-]C(C)(C)C=2.Cc1cccc2c1=[C-]C(C)(C)C=2.[Cl-].[Cl-]. The fraction of sp³-hybridized carbons (Fsp3) is 0.385. The molecule has 0 fully saturated rings. The number of halogens is 2. The Morgan fingerprint density at radius 1 is 0.362 bits per heavy atom. The summed E-state index contributed by atoms with van der Waals surface area (Å²) >= 11 is 3.48. The quantitative estimate of drug-likeness (QED) is 0.185. The Hall–Kier alpha value is -1.38. The van der Waals surface area contributed by atoms with Crippen LogP contribution in [-0.4, -0.2) is 10.9 Å². The van der Waals surface area contributed by atoms with Gasteiger partial charge in [-0.25, -0.2) is 0 Å². The van der Waals surface area contributed by atoms with Crippen LogP contribution in [0.25, 0.3) is 48.6 Å². The van der Waals surface area contributed by atoms with E-state index >= 15 is 0 Å². The van der Waals surface area contributed by atoms with Gasteiger partial charge in [-0.2, -0.15) is 67.4 Å². The summed E-state index contributed by atoms with van der Waals surface area (Å²) in [6.07, 6.45) is 23.0. The van der Waals surface area contributed by atoms with E-state index in [0.29, 0.717) is 0 Å². The van der Waals surface area contributed by atoms with Gasteiger partial charge in [0.05, 0.1) is 0 Å². The molecule has 0 aliphatic heterocycles. The molecule has 4 aliphatic rings. The Bertz CT molecular complexity index is 2250. The molecule has 304 valence electrons. The van der Waals surface area contributed by atoms with E-state index in [9.17, 15) is 0 Å². The first kappa shape index (κ1) is 54.6. The summed E-state index contributed by atoms with van der Waals surface area (Å²) < 4.78 is 0. The molecule has 0 amide bonds. The minimum absolute atomic E-state index is 0. The average Bonchev–Trinajstić information content (AvgIpc) is 3.76. The second kappa shape index (κ2) is 23.2. The van der Waals surface area contributed by atoms with Crippen molar-refractivity contribution in [1.82, 2.24) is 0 Å². The Kier molecular flexibility index (Phi) is 21.8. The van der Waals surface area contributed by atoms with E-state index in [1.165, 1.54) is 64.0 Å². The van der Waals surface area contributed by atoms with Gasteiger partial charge in [0.25, 0.3) is 0 Å². The second-order valence-corrected chi connectivity index (χ2v) is 36.9. The van der Waals surface area contributed by atoms with E-state index in [-0.39, 0.29) is 57.3 Å². The number of rotatable bonds is 0. The minimum Gasteiger partial charge on any atom is -1.00 e. The van der Waals surface area contributed by atoms with Crippen LogP contribution in [0, 0.1) is 49.4 Å². The van der Waals surface area contributed by atoms with Crippen molar-refractivity contribution in [3.8, 4) is 0 Å². The van der Waals surface area contributed by atoms with Crippen LogP contribution in [0.2, 0.25) is 26.2 Å². The van der Waals surface area contributed by atoms with E-state index < -0.39 is 0 Å². The third-order valence-electron chi connectivity index (χ3n) is 9.07. The zero-order valence-electron chi connectivity index (χ0n) is 38.0. The summed E-state index contributed by atoms with van der Waals surface area (Å²) in [5.74, 6) is 0. The first-order valence-corrected chi connectivity index (χ1v) is 32.2. The molecule has 0 bridgehead atoms. The summed E-state index contributed by atoms with van der Waals surface area (Å²) in [6.45, 7) is 35.3. The van der Waals surface area contributed by atoms with Crippen molar-refractivity contribution in [1.29, 1.82) is 0 Å². The molecule has 0 spiro atoms. The average molecular weight is 999 g/mol. The van der Waals surface area contributed by atoms with Gasteiger partial charge in [-0.15, -0.1) is 93.7 Å². The topological polar surface area (TPSA) is 0 Å². The van der Waals surface area contributed by atoms with Gasteiger partial charge in [0.1, 0.15) is 0 Å². The molecular weight excluding hydrogens is 934 g/mol. The van der Waals surface area contributed by atoms with Crippen LogP contribution in [0.15, 0.2) is 72.8 Å². The van der Waals surface area contributed by atoms with Crippen molar-refractivity contribution in [3.63, 3.8) is 0 Å². The van der Waals surface area contributed by atoms with Crippen molar-refractivity contribution in [3.05, 3.63) is 137 Å². The predicted octanol–water partition coefficient (Wildman–Crippen LogP) is 1.47. The normalized spacial score (nSPS) is 15.8. The molecule has 4 aromatic rings. The van der Waals surface area contributed by atoms with Crippen LogP contribution in [0.4, 0.5) is 0 Å². The zero-order valence-corrected chi connectivity index (χ0v) is 46.4. The van der Waals surface area contributed by atoms with E-state index in [2.05, 4.69) is 231 Å². The molecule has 0 saturated heterocycles. The Morgan fingerprint density at radius 2 is 0.517 bits per heavy atom. The van der Waals surface area contributed by atoms with Crippen LogP contribution in [0.3, 0.4) is 0 Å². The minimum atomic E-state index is 0. The summed E-state index contributed by atoms with van der Waals surface area (Å²) in [7, 11) is 0. The molecule has 6 heteroatoms. The van der Waals surface area contributed by atoms with Crippen LogP contribution < -0.4 is 66.6 Å². The predicted molar refractivity (Wildman–Crippen MR) is 243 cm³/mol. The zero-order chi connectivity index (χ0) is 42.2. The third kappa shape index (κ3) is 17.5. The van der Waals surface area contributed by atoms with Crippen LogP contribution >= 0.6 is 0 Å². The summed E-state index contributed by atoms with van der Waals surface area (Å²) in [5, 5.41) is 10.5. The molecule has 0 radical (unpaired) electrons. The third-order valence-corrected chi connectivity index (χ3v) is 9.07. The number of aryl methyl sites for hydroxylation is 4. The molecule has 58 heavy (non-hydrogen) atoms. The molecule has 0 unspecified atom stereocenters. The molecule has 4 aliphatic carbocycles. The van der Waals surface area contributed by atoms with Crippen LogP contribution in [0.1, 0.15) is 77.6 Å². The van der Waals surface area contributed by atoms with Gasteiger partial charge < -0.3 is 24.8 Å². The fourth-order valence-electron chi connectivity index (χ4n) is 6.91. The van der Waals surface area contributed by atoms with Gasteiger partial charge in [0, 0.05) is 0 Å². The number of hydrogen-bond acceptors (Lipinski definition) is 0. The molecule has 0 nitrogen and oxygen atoms in total. The van der Waals surface area contributed by atoms with Crippen molar-refractivity contribution < 1.29 is 71.5 Å². The second-order valence-electron chi connectivity index (χ2n) is 18.1. The van der Waals surface area contributed by atoms with Gasteiger partial charge in [-0.05, 0) is 0 Å². The van der Waals surface area contributed by atoms with Crippen LogP contribution in [0.5, 0.6) is 0 Å². The first-order chi connectivity index (χ1) is 25.8. The molecule has 0 N–H and O–H groups in total. The van der Waals surface area contributed by atoms with E-state index in [1.54, 1.807) is 46.7 Å². The first-order valence-electron chi connectivity index (χ1n) is 19.8. The van der Waals surface area contributed by atoms with Crippen LogP contribution in [-0.2, 0) is 46.7 Å². The maximum Gasteiger partial charge on any atom is -0.0579 e. The van der Waals surface area contributed by atoms with Gasteiger partial charge in [0.2, 0.25) is 0 Å². The largest absolute Gasteiger partial charge is 1.00 e. The monoisotopic (exact) mass is 994 g/mol. The number of fused-ring (bicyclic) bond motifs is 4. The van der Waals surface area contributed by atoms with E-state index in [0.717, 1.165) is 0 Å². The Morgan fingerprint density at radius 3 is 0.655 bits per heavy atom.